The molecule has 0 fully saturated rings. The van der Waals surface area contributed by atoms with E-state index in [-0.39, 0.29) is 0 Å². The van der Waals surface area contributed by atoms with Crippen molar-refractivity contribution in [1.29, 1.82) is 0 Å². The lowest BCUT2D eigenvalue weighted by Crippen LogP contribution is -2.30. The largest absolute Gasteiger partial charge is 0.493 e. The Kier molecular flexibility index (Phi) is 5.99. The first kappa shape index (κ1) is 17.0. The number of hydrogen-bond acceptors (Lipinski definition) is 4. The minimum Gasteiger partial charge on any atom is -0.493 e. The molecule has 2 rings (SSSR count). The maximum Gasteiger partial charge on any atom is 0.243 e. The molecule has 0 aliphatic carbocycles. The highest BCUT2D eigenvalue weighted by atomic mass is 32.2. The summed E-state index contributed by atoms with van der Waals surface area (Å²) in [6, 6.07) is 8.71. The van der Waals surface area contributed by atoms with Gasteiger partial charge in [0.1, 0.15) is 5.75 Å². The van der Waals surface area contributed by atoms with Crippen molar-refractivity contribution in [3.63, 3.8) is 0 Å². The van der Waals surface area contributed by atoms with Crippen LogP contribution in [0.5, 0.6) is 5.75 Å². The lowest BCUT2D eigenvalue weighted by molar-refractivity contribution is 0.322. The van der Waals surface area contributed by atoms with E-state index >= 15 is 0 Å². The van der Waals surface area contributed by atoms with Crippen molar-refractivity contribution in [2.24, 2.45) is 0 Å². The van der Waals surface area contributed by atoms with Gasteiger partial charge in [0.15, 0.2) is 0 Å². The number of hydrogen-bond donors (Lipinski definition) is 0. The Morgan fingerprint density at radius 1 is 1.09 bits per heavy atom. The predicted molar refractivity (Wildman–Crippen MR) is 90.1 cm³/mol. The number of benzene rings is 1. The second-order valence-corrected chi connectivity index (χ2v) is 7.51. The van der Waals surface area contributed by atoms with Gasteiger partial charge in [0.05, 0.1) is 11.5 Å². The average molecular weight is 339 g/mol. The minimum absolute atomic E-state index is 0.307. The third-order valence-corrected chi connectivity index (χ3v) is 6.20. The Balaban J connectivity index is 1.98. The summed E-state index contributed by atoms with van der Waals surface area (Å²) >= 11 is 1.67. The molecule has 120 valence electrons. The number of ether oxygens (including phenoxy) is 1. The van der Waals surface area contributed by atoms with Crippen molar-refractivity contribution >= 4 is 21.4 Å². The molecule has 0 unspecified atom stereocenters. The Labute approximate surface area is 136 Å². The van der Waals surface area contributed by atoms with Crippen LogP contribution in [-0.4, -0.2) is 32.4 Å². The summed E-state index contributed by atoms with van der Waals surface area (Å²) in [4.78, 5) is 0.307. The van der Waals surface area contributed by atoms with Gasteiger partial charge >= 0.3 is 0 Å². The van der Waals surface area contributed by atoms with Crippen LogP contribution in [0.4, 0.5) is 0 Å². The van der Waals surface area contributed by atoms with Crippen LogP contribution in [0, 0.1) is 0 Å². The van der Waals surface area contributed by atoms with E-state index in [0.29, 0.717) is 30.3 Å². The molecule has 0 atom stereocenters. The zero-order valence-electron chi connectivity index (χ0n) is 12.9. The fourth-order valence-electron chi connectivity index (χ4n) is 2.14. The highest BCUT2D eigenvalue weighted by Gasteiger charge is 2.21. The Hall–Kier alpha value is -1.37. The van der Waals surface area contributed by atoms with E-state index in [1.54, 1.807) is 35.6 Å². The van der Waals surface area contributed by atoms with Crippen LogP contribution in [0.25, 0.3) is 0 Å². The standard InChI is InChI=1S/C16H21NO3S2/c1-3-17(4-2)22(18,19)16-7-5-15(6-8-16)20-11-9-14-10-12-21-13-14/h5-8,10,12-13H,3-4,9,11H2,1-2H3. The van der Waals surface area contributed by atoms with Gasteiger partial charge in [-0.2, -0.15) is 15.6 Å². The van der Waals surface area contributed by atoms with Crippen LogP contribution in [0.3, 0.4) is 0 Å². The van der Waals surface area contributed by atoms with Crippen LogP contribution < -0.4 is 4.74 Å². The molecule has 0 spiro atoms. The number of sulfonamides is 1. The molecular formula is C16H21NO3S2. The molecule has 0 amide bonds. The summed E-state index contributed by atoms with van der Waals surface area (Å²) in [7, 11) is -3.39. The highest BCUT2D eigenvalue weighted by molar-refractivity contribution is 7.89. The number of rotatable bonds is 8. The number of thiophene rings is 1. The average Bonchev–Trinajstić information content (AvgIpc) is 3.02. The van der Waals surface area contributed by atoms with Gasteiger partial charge in [0.2, 0.25) is 10.0 Å². The fourth-order valence-corrected chi connectivity index (χ4v) is 4.30. The normalized spacial score (nSPS) is 11.8. The highest BCUT2D eigenvalue weighted by Crippen LogP contribution is 2.19. The van der Waals surface area contributed by atoms with Crippen molar-refractivity contribution < 1.29 is 13.2 Å². The molecular weight excluding hydrogens is 318 g/mol. The molecule has 0 saturated carbocycles. The SMILES string of the molecule is CCN(CC)S(=O)(=O)c1ccc(OCCc2ccsc2)cc1. The molecule has 2 aromatic rings. The molecule has 0 radical (unpaired) electrons. The van der Waals surface area contributed by atoms with Gasteiger partial charge in [-0.25, -0.2) is 8.42 Å². The monoisotopic (exact) mass is 339 g/mol. The van der Waals surface area contributed by atoms with Gasteiger partial charge in [0, 0.05) is 19.5 Å². The summed E-state index contributed by atoms with van der Waals surface area (Å²) in [5, 5.41) is 4.14. The first-order valence-corrected chi connectivity index (χ1v) is 9.70. The third-order valence-electron chi connectivity index (χ3n) is 3.41. The molecule has 0 aliphatic heterocycles. The van der Waals surface area contributed by atoms with Crippen LogP contribution in [-0.2, 0) is 16.4 Å². The Morgan fingerprint density at radius 3 is 2.32 bits per heavy atom. The second-order valence-electron chi connectivity index (χ2n) is 4.79. The summed E-state index contributed by atoms with van der Waals surface area (Å²) in [5.74, 6) is 0.689. The van der Waals surface area contributed by atoms with Gasteiger partial charge in [0.25, 0.3) is 0 Å². The van der Waals surface area contributed by atoms with Gasteiger partial charge in [-0.3, -0.25) is 0 Å². The summed E-state index contributed by atoms with van der Waals surface area (Å²) in [6.45, 7) is 5.19. The summed E-state index contributed by atoms with van der Waals surface area (Å²) in [6.07, 6.45) is 0.850. The van der Waals surface area contributed by atoms with Crippen LogP contribution >= 0.6 is 11.3 Å². The van der Waals surface area contributed by atoms with Crippen molar-refractivity contribution in [3.8, 4) is 5.75 Å². The van der Waals surface area contributed by atoms with E-state index in [1.165, 1.54) is 9.87 Å². The second kappa shape index (κ2) is 7.76. The molecule has 0 aliphatic rings. The topological polar surface area (TPSA) is 46.6 Å². The van der Waals surface area contributed by atoms with Crippen LogP contribution in [0.1, 0.15) is 19.4 Å². The maximum absolute atomic E-state index is 12.4. The van der Waals surface area contributed by atoms with E-state index < -0.39 is 10.0 Å². The predicted octanol–water partition coefficient (Wildman–Crippen LogP) is 3.40. The molecule has 22 heavy (non-hydrogen) atoms. The van der Waals surface area contributed by atoms with Crippen molar-refractivity contribution in [2.45, 2.75) is 25.2 Å². The molecule has 1 aromatic heterocycles. The van der Waals surface area contributed by atoms with Gasteiger partial charge in [-0.05, 0) is 46.7 Å². The molecule has 1 aromatic carbocycles. The van der Waals surface area contributed by atoms with Crippen LogP contribution in [0.15, 0.2) is 46.0 Å². The smallest absolute Gasteiger partial charge is 0.243 e. The molecule has 4 nitrogen and oxygen atoms in total. The lowest BCUT2D eigenvalue weighted by atomic mass is 10.2. The molecule has 1 heterocycles. The zero-order chi connectivity index (χ0) is 16.0. The fraction of sp³-hybridized carbons (Fsp3) is 0.375. The van der Waals surface area contributed by atoms with E-state index in [1.807, 2.05) is 19.2 Å². The number of nitrogens with zero attached hydrogens (tertiary/aromatic N) is 1. The quantitative estimate of drug-likeness (QED) is 0.740. The Morgan fingerprint density at radius 2 is 1.77 bits per heavy atom. The van der Waals surface area contributed by atoms with Crippen molar-refractivity contribution in [2.75, 3.05) is 19.7 Å². The molecule has 0 N–H and O–H groups in total. The van der Waals surface area contributed by atoms with E-state index in [9.17, 15) is 8.42 Å². The first-order chi connectivity index (χ1) is 10.6. The van der Waals surface area contributed by atoms with E-state index in [4.69, 9.17) is 4.74 Å². The molecule has 6 heteroatoms. The van der Waals surface area contributed by atoms with Crippen LogP contribution in [0.2, 0.25) is 0 Å². The van der Waals surface area contributed by atoms with Gasteiger partial charge in [-0.15, -0.1) is 0 Å². The summed E-state index contributed by atoms with van der Waals surface area (Å²) < 4.78 is 31.8. The minimum atomic E-state index is -3.39. The van der Waals surface area contributed by atoms with Gasteiger partial charge in [-0.1, -0.05) is 13.8 Å². The third kappa shape index (κ3) is 4.09. The maximum atomic E-state index is 12.4. The molecule has 0 saturated heterocycles. The Bertz CT molecular complexity index is 660. The van der Waals surface area contributed by atoms with Crippen molar-refractivity contribution in [3.05, 3.63) is 46.7 Å². The lowest BCUT2D eigenvalue weighted by Gasteiger charge is -2.18. The first-order valence-electron chi connectivity index (χ1n) is 7.32. The van der Waals surface area contributed by atoms with E-state index in [2.05, 4.69) is 11.4 Å². The zero-order valence-corrected chi connectivity index (χ0v) is 14.5. The van der Waals surface area contributed by atoms with Crippen molar-refractivity contribution in [1.82, 2.24) is 4.31 Å². The summed E-state index contributed by atoms with van der Waals surface area (Å²) in [5.41, 5.74) is 1.26. The van der Waals surface area contributed by atoms with Gasteiger partial charge < -0.3 is 4.74 Å². The molecule has 0 bridgehead atoms. The van der Waals surface area contributed by atoms with E-state index in [0.717, 1.165) is 6.42 Å².